The average molecular weight is 242 g/mol. The molecule has 2 nitrogen and oxygen atoms in total. The summed E-state index contributed by atoms with van der Waals surface area (Å²) >= 11 is 5.85. The van der Waals surface area contributed by atoms with Crippen LogP contribution in [0.15, 0.2) is 24.3 Å². The van der Waals surface area contributed by atoms with E-state index in [0.717, 1.165) is 17.8 Å². The van der Waals surface area contributed by atoms with Crippen molar-refractivity contribution in [1.29, 1.82) is 0 Å². The average Bonchev–Trinajstić information content (AvgIpc) is 2.23. The fourth-order valence-corrected chi connectivity index (χ4v) is 1.59. The highest BCUT2D eigenvalue weighted by Gasteiger charge is 2.09. The molecule has 0 radical (unpaired) electrons. The maximum Gasteiger partial charge on any atom is 0.0646 e. The monoisotopic (exact) mass is 241 g/mol. The fraction of sp³-hybridized carbons (Fsp3) is 0.538. The summed E-state index contributed by atoms with van der Waals surface area (Å²) in [6, 6.07) is 8.06. The lowest BCUT2D eigenvalue weighted by molar-refractivity contribution is 0.00333. The zero-order valence-corrected chi connectivity index (χ0v) is 11.0. The first-order valence-electron chi connectivity index (χ1n) is 5.54. The van der Waals surface area contributed by atoms with E-state index in [2.05, 4.69) is 26.1 Å². The topological polar surface area (TPSA) is 21.3 Å². The van der Waals surface area contributed by atoms with Crippen LogP contribution in [0.1, 0.15) is 26.3 Å². The second kappa shape index (κ2) is 6.12. The Balaban J connectivity index is 2.37. The second-order valence-corrected chi connectivity index (χ2v) is 4.95. The van der Waals surface area contributed by atoms with Crippen LogP contribution in [-0.2, 0) is 10.6 Å². The van der Waals surface area contributed by atoms with Crippen molar-refractivity contribution < 1.29 is 4.74 Å². The van der Waals surface area contributed by atoms with Gasteiger partial charge >= 0.3 is 0 Å². The van der Waals surface area contributed by atoms with Crippen LogP contribution in [0.3, 0.4) is 0 Å². The molecule has 16 heavy (non-hydrogen) atoms. The molecule has 0 amide bonds. The first-order valence-corrected chi connectivity index (χ1v) is 6.08. The van der Waals surface area contributed by atoms with Crippen molar-refractivity contribution in [2.75, 3.05) is 18.5 Å². The van der Waals surface area contributed by atoms with Gasteiger partial charge in [-0.1, -0.05) is 18.2 Å². The second-order valence-electron chi connectivity index (χ2n) is 4.68. The van der Waals surface area contributed by atoms with E-state index in [9.17, 15) is 0 Å². The Kier molecular flexibility index (Phi) is 5.10. The van der Waals surface area contributed by atoms with E-state index < -0.39 is 0 Å². The normalized spacial score (nSPS) is 11.5. The number of ether oxygens (including phenoxy) is 1. The first-order chi connectivity index (χ1) is 7.53. The van der Waals surface area contributed by atoms with E-state index in [0.29, 0.717) is 12.5 Å². The predicted molar refractivity (Wildman–Crippen MR) is 70.2 cm³/mol. The third-order valence-corrected chi connectivity index (χ3v) is 2.40. The highest BCUT2D eigenvalue weighted by molar-refractivity contribution is 6.17. The van der Waals surface area contributed by atoms with Crippen molar-refractivity contribution in [2.45, 2.75) is 32.3 Å². The Morgan fingerprint density at radius 1 is 1.25 bits per heavy atom. The molecule has 90 valence electrons. The zero-order valence-electron chi connectivity index (χ0n) is 10.2. The summed E-state index contributed by atoms with van der Waals surface area (Å²) in [4.78, 5) is 0. The van der Waals surface area contributed by atoms with Crippen LogP contribution in [0.5, 0.6) is 0 Å². The van der Waals surface area contributed by atoms with E-state index in [1.54, 1.807) is 0 Å². The van der Waals surface area contributed by atoms with Crippen molar-refractivity contribution in [3.8, 4) is 0 Å². The summed E-state index contributed by atoms with van der Waals surface area (Å²) < 4.78 is 5.63. The van der Waals surface area contributed by atoms with Gasteiger partial charge in [-0.15, -0.1) is 11.6 Å². The summed E-state index contributed by atoms with van der Waals surface area (Å²) in [7, 11) is 0. The van der Waals surface area contributed by atoms with Crippen molar-refractivity contribution in [3.05, 3.63) is 29.8 Å². The van der Waals surface area contributed by atoms with Gasteiger partial charge in [-0.3, -0.25) is 0 Å². The minimum atomic E-state index is -0.0757. The lowest BCUT2D eigenvalue weighted by atomic mass is 10.2. The Morgan fingerprint density at radius 3 is 2.56 bits per heavy atom. The van der Waals surface area contributed by atoms with Crippen molar-refractivity contribution in [1.82, 2.24) is 0 Å². The maximum atomic E-state index is 5.85. The number of para-hydroxylation sites is 1. The number of halogens is 1. The highest BCUT2D eigenvalue weighted by Crippen LogP contribution is 2.16. The molecule has 0 spiro atoms. The summed E-state index contributed by atoms with van der Waals surface area (Å²) in [5.74, 6) is 0.531. The van der Waals surface area contributed by atoms with Gasteiger partial charge in [-0.25, -0.2) is 0 Å². The van der Waals surface area contributed by atoms with Crippen LogP contribution in [0.25, 0.3) is 0 Å². The highest BCUT2D eigenvalue weighted by atomic mass is 35.5. The van der Waals surface area contributed by atoms with E-state index in [1.165, 1.54) is 0 Å². The molecule has 1 rings (SSSR count). The van der Waals surface area contributed by atoms with Gasteiger partial charge in [-0.2, -0.15) is 0 Å². The van der Waals surface area contributed by atoms with E-state index in [1.807, 2.05) is 24.3 Å². The SMILES string of the molecule is CC(C)(C)OCCNc1ccccc1CCl. The fourth-order valence-electron chi connectivity index (χ4n) is 1.35. The number of benzene rings is 1. The molecular weight excluding hydrogens is 222 g/mol. The molecule has 0 atom stereocenters. The minimum Gasteiger partial charge on any atom is -0.382 e. The number of hydrogen-bond donors (Lipinski definition) is 1. The number of anilines is 1. The summed E-state index contributed by atoms with van der Waals surface area (Å²) in [5.41, 5.74) is 2.14. The third kappa shape index (κ3) is 4.86. The number of alkyl halides is 1. The standard InChI is InChI=1S/C13H20ClNO/c1-13(2,3)16-9-8-15-12-7-5-4-6-11(12)10-14/h4-7,15H,8-10H2,1-3H3. The molecule has 1 aromatic rings. The Morgan fingerprint density at radius 2 is 1.94 bits per heavy atom. The molecule has 1 N–H and O–H groups in total. The van der Waals surface area contributed by atoms with Gasteiger partial charge in [0.15, 0.2) is 0 Å². The number of nitrogens with one attached hydrogen (secondary N) is 1. The number of hydrogen-bond acceptors (Lipinski definition) is 2. The smallest absolute Gasteiger partial charge is 0.0646 e. The molecule has 0 aliphatic rings. The molecule has 0 unspecified atom stereocenters. The van der Waals surface area contributed by atoms with Gasteiger partial charge in [0.05, 0.1) is 12.2 Å². The van der Waals surface area contributed by atoms with Gasteiger partial charge in [0.25, 0.3) is 0 Å². The lowest BCUT2D eigenvalue weighted by Gasteiger charge is -2.20. The van der Waals surface area contributed by atoms with E-state index >= 15 is 0 Å². The lowest BCUT2D eigenvalue weighted by Crippen LogP contribution is -2.23. The Bertz CT molecular complexity index is 320. The Hall–Kier alpha value is -0.730. The van der Waals surface area contributed by atoms with Crippen LogP contribution in [-0.4, -0.2) is 18.8 Å². The molecule has 0 saturated carbocycles. The van der Waals surface area contributed by atoms with Gasteiger partial charge < -0.3 is 10.1 Å². The van der Waals surface area contributed by atoms with Crippen LogP contribution in [0.4, 0.5) is 5.69 Å². The van der Waals surface area contributed by atoms with Crippen LogP contribution in [0, 0.1) is 0 Å². The molecule has 0 aromatic heterocycles. The molecular formula is C13H20ClNO. The third-order valence-electron chi connectivity index (χ3n) is 2.11. The van der Waals surface area contributed by atoms with Crippen LogP contribution < -0.4 is 5.32 Å². The molecule has 0 aliphatic heterocycles. The number of rotatable bonds is 5. The Labute approximate surface area is 103 Å². The zero-order chi connectivity index (χ0) is 12.0. The largest absolute Gasteiger partial charge is 0.382 e. The quantitative estimate of drug-likeness (QED) is 0.628. The van der Waals surface area contributed by atoms with Gasteiger partial charge in [-0.05, 0) is 32.4 Å². The molecule has 0 aliphatic carbocycles. The summed E-state index contributed by atoms with van der Waals surface area (Å²) in [6.45, 7) is 7.66. The van der Waals surface area contributed by atoms with Crippen molar-refractivity contribution in [3.63, 3.8) is 0 Å². The van der Waals surface area contributed by atoms with Crippen molar-refractivity contribution >= 4 is 17.3 Å². The van der Waals surface area contributed by atoms with Crippen molar-refractivity contribution in [2.24, 2.45) is 0 Å². The minimum absolute atomic E-state index is 0.0757. The molecule has 1 aromatic carbocycles. The summed E-state index contributed by atoms with van der Waals surface area (Å²) in [6.07, 6.45) is 0. The predicted octanol–water partition coefficient (Wildman–Crippen LogP) is 3.65. The van der Waals surface area contributed by atoms with Gasteiger partial charge in [0, 0.05) is 18.1 Å². The van der Waals surface area contributed by atoms with E-state index in [-0.39, 0.29) is 5.60 Å². The first kappa shape index (κ1) is 13.3. The van der Waals surface area contributed by atoms with E-state index in [4.69, 9.17) is 16.3 Å². The molecule has 3 heteroatoms. The van der Waals surface area contributed by atoms with Gasteiger partial charge in [0.2, 0.25) is 0 Å². The van der Waals surface area contributed by atoms with Gasteiger partial charge in [0.1, 0.15) is 0 Å². The van der Waals surface area contributed by atoms with Crippen LogP contribution >= 0.6 is 11.6 Å². The summed E-state index contributed by atoms with van der Waals surface area (Å²) in [5, 5.41) is 3.33. The molecule has 0 fully saturated rings. The molecule has 0 bridgehead atoms. The maximum absolute atomic E-state index is 5.85. The molecule has 0 heterocycles. The molecule has 0 saturated heterocycles. The van der Waals surface area contributed by atoms with Crippen LogP contribution in [0.2, 0.25) is 0 Å².